The topological polar surface area (TPSA) is 77.6 Å². The number of benzene rings is 2. The van der Waals surface area contributed by atoms with Gasteiger partial charge in [0.15, 0.2) is 17.6 Å². The van der Waals surface area contributed by atoms with Crippen LogP contribution in [0.1, 0.15) is 27.6 Å². The number of ketones is 1. The summed E-state index contributed by atoms with van der Waals surface area (Å²) in [6.07, 6.45) is 0.733. The van der Waals surface area contributed by atoms with E-state index in [0.29, 0.717) is 35.8 Å². The number of carbonyl (C=O) groups excluding carboxylic acids is 2. The van der Waals surface area contributed by atoms with Crippen LogP contribution in [0.2, 0.25) is 0 Å². The van der Waals surface area contributed by atoms with E-state index in [0.717, 1.165) is 10.9 Å². The molecule has 2 aromatic carbocycles. The highest BCUT2D eigenvalue weighted by atomic mass is 16.6. The van der Waals surface area contributed by atoms with E-state index in [1.807, 2.05) is 24.3 Å². The van der Waals surface area contributed by atoms with E-state index in [9.17, 15) is 9.59 Å². The van der Waals surface area contributed by atoms with Gasteiger partial charge in [0.1, 0.15) is 13.2 Å². The predicted molar refractivity (Wildman–Crippen MR) is 94.9 cm³/mol. The van der Waals surface area contributed by atoms with Crippen LogP contribution in [0.3, 0.4) is 0 Å². The number of carbonyl (C=O) groups is 2. The van der Waals surface area contributed by atoms with Crippen LogP contribution < -0.4 is 9.47 Å². The molecule has 3 aromatic rings. The molecule has 6 nitrogen and oxygen atoms in total. The van der Waals surface area contributed by atoms with Crippen LogP contribution >= 0.6 is 0 Å². The van der Waals surface area contributed by atoms with E-state index in [4.69, 9.17) is 14.2 Å². The Kier molecular flexibility index (Phi) is 4.08. The van der Waals surface area contributed by atoms with E-state index in [1.165, 1.54) is 0 Å². The first-order valence-corrected chi connectivity index (χ1v) is 8.34. The molecule has 0 saturated heterocycles. The lowest BCUT2D eigenvalue weighted by molar-refractivity contribution is 0.0318. The molecule has 26 heavy (non-hydrogen) atoms. The molecule has 4 rings (SSSR count). The summed E-state index contributed by atoms with van der Waals surface area (Å²) in [6, 6.07) is 12.3. The molecule has 0 bridgehead atoms. The van der Waals surface area contributed by atoms with Gasteiger partial charge in [0.2, 0.25) is 5.78 Å². The Bertz CT molecular complexity index is 991. The lowest BCUT2D eigenvalue weighted by Crippen LogP contribution is -2.24. The molecular formula is C20H17NO5. The summed E-state index contributed by atoms with van der Waals surface area (Å²) in [6.45, 7) is 2.48. The Labute approximate surface area is 149 Å². The first kappa shape index (κ1) is 16.2. The Morgan fingerprint density at radius 2 is 1.85 bits per heavy atom. The van der Waals surface area contributed by atoms with Crippen molar-refractivity contribution in [1.29, 1.82) is 0 Å². The molecule has 0 fully saturated rings. The van der Waals surface area contributed by atoms with E-state index >= 15 is 0 Å². The Balaban J connectivity index is 1.51. The smallest absolute Gasteiger partial charge is 0.338 e. The number of hydrogen-bond acceptors (Lipinski definition) is 5. The van der Waals surface area contributed by atoms with Gasteiger partial charge in [-0.1, -0.05) is 18.2 Å². The number of hydrogen-bond donors (Lipinski definition) is 1. The maximum absolute atomic E-state index is 12.7. The number of nitrogens with one attached hydrogen (secondary N) is 1. The van der Waals surface area contributed by atoms with Crippen molar-refractivity contribution in [2.75, 3.05) is 13.2 Å². The van der Waals surface area contributed by atoms with Crippen molar-refractivity contribution in [1.82, 2.24) is 4.98 Å². The first-order valence-electron chi connectivity index (χ1n) is 8.34. The summed E-state index contributed by atoms with van der Waals surface area (Å²) < 4.78 is 16.3. The van der Waals surface area contributed by atoms with Gasteiger partial charge in [0.25, 0.3) is 0 Å². The molecule has 1 N–H and O–H groups in total. The average molecular weight is 351 g/mol. The molecule has 0 saturated carbocycles. The summed E-state index contributed by atoms with van der Waals surface area (Å²) in [7, 11) is 0. The number of rotatable bonds is 4. The molecule has 1 atom stereocenters. The predicted octanol–water partition coefficient (Wildman–Crippen LogP) is 3.37. The van der Waals surface area contributed by atoms with Gasteiger partial charge in [-0.3, -0.25) is 4.79 Å². The third kappa shape index (κ3) is 2.90. The van der Waals surface area contributed by atoms with Gasteiger partial charge >= 0.3 is 5.97 Å². The van der Waals surface area contributed by atoms with Crippen LogP contribution in [-0.4, -0.2) is 36.1 Å². The second kappa shape index (κ2) is 6.55. The van der Waals surface area contributed by atoms with E-state index in [1.54, 1.807) is 31.3 Å². The third-order valence-electron chi connectivity index (χ3n) is 4.29. The van der Waals surface area contributed by atoms with Gasteiger partial charge in [0, 0.05) is 22.7 Å². The normalized spacial score (nSPS) is 14.0. The summed E-state index contributed by atoms with van der Waals surface area (Å²) >= 11 is 0. The van der Waals surface area contributed by atoms with Crippen molar-refractivity contribution in [2.24, 2.45) is 0 Å². The van der Waals surface area contributed by atoms with Crippen molar-refractivity contribution in [3.05, 3.63) is 59.8 Å². The van der Waals surface area contributed by atoms with Crippen molar-refractivity contribution in [3.63, 3.8) is 0 Å². The highest BCUT2D eigenvalue weighted by Crippen LogP contribution is 2.31. The molecule has 0 radical (unpaired) electrons. The summed E-state index contributed by atoms with van der Waals surface area (Å²) in [5, 5.41) is 0.805. The Morgan fingerprint density at radius 1 is 1.08 bits per heavy atom. The standard InChI is InChI=1S/C20H17NO5/c1-12(19(22)15-11-21-16-5-3-2-4-14(15)16)26-20(23)13-6-7-17-18(10-13)25-9-8-24-17/h2-7,10-12,21H,8-9H2,1H3/t12-/m1/s1. The number of aromatic nitrogens is 1. The van der Waals surface area contributed by atoms with Gasteiger partial charge in [-0.25, -0.2) is 4.79 Å². The molecule has 0 aliphatic carbocycles. The first-order chi connectivity index (χ1) is 12.6. The molecular weight excluding hydrogens is 334 g/mol. The SMILES string of the molecule is C[C@@H](OC(=O)c1ccc2c(c1)OCCO2)C(=O)c1c[nH]c2ccccc12. The zero-order chi connectivity index (χ0) is 18.1. The summed E-state index contributed by atoms with van der Waals surface area (Å²) in [5.41, 5.74) is 1.68. The monoisotopic (exact) mass is 351 g/mol. The molecule has 132 valence electrons. The van der Waals surface area contributed by atoms with Gasteiger partial charge < -0.3 is 19.2 Å². The quantitative estimate of drug-likeness (QED) is 0.576. The van der Waals surface area contributed by atoms with E-state index < -0.39 is 12.1 Å². The van der Waals surface area contributed by atoms with E-state index in [-0.39, 0.29) is 5.78 Å². The number of Topliss-reactive ketones (excluding diaryl/α,β-unsaturated/α-hetero) is 1. The fraction of sp³-hybridized carbons (Fsp3) is 0.200. The van der Waals surface area contributed by atoms with Crippen molar-refractivity contribution in [2.45, 2.75) is 13.0 Å². The number of para-hydroxylation sites is 1. The average Bonchev–Trinajstić information content (AvgIpc) is 3.11. The lowest BCUT2D eigenvalue weighted by Gasteiger charge is -2.19. The number of aromatic amines is 1. The Morgan fingerprint density at radius 3 is 2.69 bits per heavy atom. The molecule has 1 aliphatic heterocycles. The fourth-order valence-electron chi connectivity index (χ4n) is 2.95. The molecule has 0 unspecified atom stereocenters. The molecule has 2 heterocycles. The van der Waals surface area contributed by atoms with Gasteiger partial charge in [-0.2, -0.15) is 0 Å². The Hall–Kier alpha value is -3.28. The second-order valence-electron chi connectivity index (χ2n) is 6.02. The number of ether oxygens (including phenoxy) is 3. The highest BCUT2D eigenvalue weighted by molar-refractivity contribution is 6.10. The van der Waals surface area contributed by atoms with Gasteiger partial charge in [0.05, 0.1) is 5.56 Å². The second-order valence-corrected chi connectivity index (χ2v) is 6.02. The van der Waals surface area contributed by atoms with Crippen molar-refractivity contribution >= 4 is 22.7 Å². The minimum absolute atomic E-state index is 0.256. The van der Waals surface area contributed by atoms with E-state index in [2.05, 4.69) is 4.98 Å². The third-order valence-corrected chi connectivity index (χ3v) is 4.29. The van der Waals surface area contributed by atoms with Crippen LogP contribution in [0.15, 0.2) is 48.7 Å². The van der Waals surface area contributed by atoms with Crippen LogP contribution in [0, 0.1) is 0 Å². The number of fused-ring (bicyclic) bond motifs is 2. The zero-order valence-electron chi connectivity index (χ0n) is 14.2. The zero-order valence-corrected chi connectivity index (χ0v) is 14.2. The molecule has 6 heteroatoms. The molecule has 0 spiro atoms. The maximum atomic E-state index is 12.7. The van der Waals surface area contributed by atoms with Gasteiger partial charge in [-0.05, 0) is 31.2 Å². The lowest BCUT2D eigenvalue weighted by atomic mass is 10.1. The highest BCUT2D eigenvalue weighted by Gasteiger charge is 2.24. The maximum Gasteiger partial charge on any atom is 0.338 e. The summed E-state index contributed by atoms with van der Waals surface area (Å²) in [4.78, 5) is 28.1. The number of esters is 1. The van der Waals surface area contributed by atoms with Crippen LogP contribution in [-0.2, 0) is 4.74 Å². The van der Waals surface area contributed by atoms with Crippen LogP contribution in [0.5, 0.6) is 11.5 Å². The van der Waals surface area contributed by atoms with Gasteiger partial charge in [-0.15, -0.1) is 0 Å². The molecule has 0 amide bonds. The fourth-order valence-corrected chi connectivity index (χ4v) is 2.95. The van der Waals surface area contributed by atoms with Crippen LogP contribution in [0.25, 0.3) is 10.9 Å². The minimum Gasteiger partial charge on any atom is -0.486 e. The van der Waals surface area contributed by atoms with Crippen molar-refractivity contribution < 1.29 is 23.8 Å². The summed E-state index contributed by atoms with van der Waals surface area (Å²) in [5.74, 6) is 0.257. The largest absolute Gasteiger partial charge is 0.486 e. The molecule has 1 aliphatic rings. The molecule has 1 aromatic heterocycles. The van der Waals surface area contributed by atoms with Crippen molar-refractivity contribution in [3.8, 4) is 11.5 Å². The minimum atomic E-state index is -0.907. The number of H-pyrrole nitrogens is 1. The van der Waals surface area contributed by atoms with Crippen LogP contribution in [0.4, 0.5) is 0 Å².